The Hall–Kier alpha value is -0.820. The van der Waals surface area contributed by atoms with Crippen LogP contribution in [0.4, 0.5) is 0 Å². The van der Waals surface area contributed by atoms with E-state index in [1.807, 2.05) is 39.8 Å². The van der Waals surface area contributed by atoms with Crippen LogP contribution in [-0.4, -0.2) is 5.78 Å². The minimum Gasteiger partial charge on any atom is -0.294 e. The lowest BCUT2D eigenvalue weighted by Gasteiger charge is -2.09. The van der Waals surface area contributed by atoms with Gasteiger partial charge in [-0.1, -0.05) is 37.1 Å². The van der Waals surface area contributed by atoms with Gasteiger partial charge >= 0.3 is 0 Å². The SMILES string of the molecule is Cc1cc(C)c(Cl)c(C(=O)CC(C)C)c1. The van der Waals surface area contributed by atoms with E-state index < -0.39 is 0 Å². The summed E-state index contributed by atoms with van der Waals surface area (Å²) in [6.45, 7) is 7.99. The summed E-state index contributed by atoms with van der Waals surface area (Å²) in [5, 5.41) is 0.603. The van der Waals surface area contributed by atoms with Gasteiger partial charge < -0.3 is 0 Å². The lowest BCUT2D eigenvalue weighted by atomic mass is 9.98. The predicted molar refractivity (Wildman–Crippen MR) is 64.7 cm³/mol. The van der Waals surface area contributed by atoms with Crippen molar-refractivity contribution in [2.45, 2.75) is 34.1 Å². The van der Waals surface area contributed by atoms with Crippen molar-refractivity contribution in [2.24, 2.45) is 5.92 Å². The number of halogens is 1. The molecule has 15 heavy (non-hydrogen) atoms. The fourth-order valence-electron chi connectivity index (χ4n) is 1.63. The van der Waals surface area contributed by atoms with E-state index in [0.29, 0.717) is 22.9 Å². The van der Waals surface area contributed by atoms with Crippen molar-refractivity contribution in [1.29, 1.82) is 0 Å². The molecular formula is C13H17ClO. The Balaban J connectivity index is 3.08. The smallest absolute Gasteiger partial charge is 0.164 e. The highest BCUT2D eigenvalue weighted by molar-refractivity contribution is 6.34. The molecule has 0 heterocycles. The van der Waals surface area contributed by atoms with Gasteiger partial charge in [-0.3, -0.25) is 4.79 Å². The van der Waals surface area contributed by atoms with Gasteiger partial charge in [-0.2, -0.15) is 0 Å². The minimum atomic E-state index is 0.141. The highest BCUT2D eigenvalue weighted by Gasteiger charge is 2.13. The molecule has 0 aromatic heterocycles. The highest BCUT2D eigenvalue weighted by Crippen LogP contribution is 2.24. The van der Waals surface area contributed by atoms with Gasteiger partial charge in [0.05, 0.1) is 5.02 Å². The normalized spacial score (nSPS) is 10.8. The average Bonchev–Trinajstić information content (AvgIpc) is 2.09. The number of aryl methyl sites for hydroxylation is 2. The van der Waals surface area contributed by atoms with E-state index >= 15 is 0 Å². The van der Waals surface area contributed by atoms with Gasteiger partial charge in [0.15, 0.2) is 5.78 Å². The molecule has 0 aliphatic carbocycles. The molecule has 0 unspecified atom stereocenters. The number of carbonyl (C=O) groups is 1. The molecule has 0 saturated heterocycles. The van der Waals surface area contributed by atoms with Crippen LogP contribution in [0, 0.1) is 19.8 Å². The van der Waals surface area contributed by atoms with Crippen LogP contribution >= 0.6 is 11.6 Å². The molecule has 0 spiro atoms. The van der Waals surface area contributed by atoms with Crippen LogP contribution < -0.4 is 0 Å². The summed E-state index contributed by atoms with van der Waals surface area (Å²) >= 11 is 6.12. The Morgan fingerprint density at radius 1 is 1.33 bits per heavy atom. The van der Waals surface area contributed by atoms with Crippen LogP contribution in [0.25, 0.3) is 0 Å². The molecule has 82 valence electrons. The molecule has 1 rings (SSSR count). The molecule has 0 fully saturated rings. The van der Waals surface area contributed by atoms with Gasteiger partial charge in [-0.05, 0) is 31.4 Å². The van der Waals surface area contributed by atoms with Crippen molar-refractivity contribution in [3.8, 4) is 0 Å². The minimum absolute atomic E-state index is 0.141. The molecular weight excluding hydrogens is 208 g/mol. The standard InChI is InChI=1S/C13H17ClO/c1-8(2)5-12(15)11-7-9(3)6-10(4)13(11)14/h6-8H,5H2,1-4H3. The monoisotopic (exact) mass is 224 g/mol. The van der Waals surface area contributed by atoms with Crippen molar-refractivity contribution in [1.82, 2.24) is 0 Å². The maximum Gasteiger partial charge on any atom is 0.164 e. The fraction of sp³-hybridized carbons (Fsp3) is 0.462. The van der Waals surface area contributed by atoms with Crippen LogP contribution in [0.15, 0.2) is 12.1 Å². The maximum atomic E-state index is 11.9. The molecule has 0 radical (unpaired) electrons. The van der Waals surface area contributed by atoms with Crippen LogP contribution in [0.3, 0.4) is 0 Å². The fourth-order valence-corrected chi connectivity index (χ4v) is 1.85. The molecule has 0 atom stereocenters. The first-order valence-electron chi connectivity index (χ1n) is 5.21. The van der Waals surface area contributed by atoms with Crippen molar-refractivity contribution in [3.05, 3.63) is 33.8 Å². The Kier molecular flexibility index (Phi) is 3.92. The molecule has 0 bridgehead atoms. The van der Waals surface area contributed by atoms with Crippen LogP contribution in [0.1, 0.15) is 41.8 Å². The first kappa shape index (κ1) is 12.3. The van der Waals surface area contributed by atoms with E-state index in [9.17, 15) is 4.79 Å². The summed E-state index contributed by atoms with van der Waals surface area (Å²) in [4.78, 5) is 11.9. The molecule has 1 aromatic rings. The first-order valence-corrected chi connectivity index (χ1v) is 5.59. The average molecular weight is 225 g/mol. The quantitative estimate of drug-likeness (QED) is 0.704. The number of hydrogen-bond donors (Lipinski definition) is 0. The molecule has 0 N–H and O–H groups in total. The highest BCUT2D eigenvalue weighted by atomic mass is 35.5. The van der Waals surface area contributed by atoms with E-state index in [1.54, 1.807) is 0 Å². The summed E-state index contributed by atoms with van der Waals surface area (Å²) in [7, 11) is 0. The number of benzene rings is 1. The predicted octanol–water partition coefficient (Wildman–Crippen LogP) is 4.19. The lowest BCUT2D eigenvalue weighted by molar-refractivity contribution is 0.0968. The van der Waals surface area contributed by atoms with Crippen LogP contribution in [-0.2, 0) is 0 Å². The van der Waals surface area contributed by atoms with Crippen molar-refractivity contribution in [3.63, 3.8) is 0 Å². The number of Topliss-reactive ketones (excluding diaryl/α,β-unsaturated/α-hetero) is 1. The van der Waals surface area contributed by atoms with E-state index in [0.717, 1.165) is 11.1 Å². The Bertz CT molecular complexity index is 380. The van der Waals surface area contributed by atoms with Crippen molar-refractivity contribution in [2.75, 3.05) is 0 Å². The lowest BCUT2D eigenvalue weighted by Crippen LogP contribution is -2.05. The van der Waals surface area contributed by atoms with Gasteiger partial charge in [-0.15, -0.1) is 0 Å². The van der Waals surface area contributed by atoms with Gasteiger partial charge in [0.25, 0.3) is 0 Å². The van der Waals surface area contributed by atoms with Crippen LogP contribution in [0.5, 0.6) is 0 Å². The largest absolute Gasteiger partial charge is 0.294 e. The third-order valence-electron chi connectivity index (χ3n) is 2.29. The summed E-state index contributed by atoms with van der Waals surface area (Å²) in [6, 6.07) is 3.87. The Morgan fingerprint density at radius 2 is 1.93 bits per heavy atom. The number of ketones is 1. The zero-order chi connectivity index (χ0) is 11.6. The Labute approximate surface area is 96.5 Å². The maximum absolute atomic E-state index is 11.9. The van der Waals surface area contributed by atoms with Gasteiger partial charge in [0.2, 0.25) is 0 Å². The van der Waals surface area contributed by atoms with Crippen molar-refractivity contribution < 1.29 is 4.79 Å². The molecule has 0 aliphatic heterocycles. The number of carbonyl (C=O) groups excluding carboxylic acids is 1. The van der Waals surface area contributed by atoms with Gasteiger partial charge in [-0.25, -0.2) is 0 Å². The molecule has 1 nitrogen and oxygen atoms in total. The second-order valence-corrected chi connectivity index (χ2v) is 4.84. The molecule has 0 aliphatic rings. The number of hydrogen-bond acceptors (Lipinski definition) is 1. The van der Waals surface area contributed by atoms with Crippen LogP contribution in [0.2, 0.25) is 5.02 Å². The number of rotatable bonds is 3. The third kappa shape index (κ3) is 3.07. The van der Waals surface area contributed by atoms with E-state index in [2.05, 4.69) is 0 Å². The van der Waals surface area contributed by atoms with E-state index in [4.69, 9.17) is 11.6 Å². The third-order valence-corrected chi connectivity index (χ3v) is 2.79. The topological polar surface area (TPSA) is 17.1 Å². The Morgan fingerprint density at radius 3 is 2.47 bits per heavy atom. The summed E-state index contributed by atoms with van der Waals surface area (Å²) in [6.07, 6.45) is 0.558. The molecule has 0 saturated carbocycles. The van der Waals surface area contributed by atoms with Gasteiger partial charge in [0.1, 0.15) is 0 Å². The van der Waals surface area contributed by atoms with Gasteiger partial charge in [0, 0.05) is 12.0 Å². The van der Waals surface area contributed by atoms with Crippen molar-refractivity contribution >= 4 is 17.4 Å². The molecule has 0 amide bonds. The molecule has 2 heteroatoms. The molecule has 1 aromatic carbocycles. The zero-order valence-electron chi connectivity index (χ0n) is 9.73. The zero-order valence-corrected chi connectivity index (χ0v) is 10.5. The summed E-state index contributed by atoms with van der Waals surface area (Å²) in [5.74, 6) is 0.510. The first-order chi connectivity index (χ1) is 6.91. The van der Waals surface area contributed by atoms with E-state index in [1.165, 1.54) is 0 Å². The second-order valence-electron chi connectivity index (χ2n) is 4.46. The van der Waals surface area contributed by atoms with E-state index in [-0.39, 0.29) is 5.78 Å². The summed E-state index contributed by atoms with van der Waals surface area (Å²) < 4.78 is 0. The second kappa shape index (κ2) is 4.80. The summed E-state index contributed by atoms with van der Waals surface area (Å²) in [5.41, 5.74) is 2.73.